The van der Waals surface area contributed by atoms with Gasteiger partial charge in [-0.1, -0.05) is 36.4 Å². The first-order valence-electron chi connectivity index (χ1n) is 8.08. The molecule has 0 aliphatic rings. The predicted molar refractivity (Wildman–Crippen MR) is 98.2 cm³/mol. The average Bonchev–Trinajstić information content (AvgIpc) is 2.72. The highest BCUT2D eigenvalue weighted by atomic mass is 16.5. The SMILES string of the molecule is COc1cccc(C(=O)NCc2cc(-c3ccccc3)ncn2)c1OC. The Morgan fingerprint density at radius 2 is 1.81 bits per heavy atom. The third kappa shape index (κ3) is 3.80. The summed E-state index contributed by atoms with van der Waals surface area (Å²) in [4.78, 5) is 21.0. The summed E-state index contributed by atoms with van der Waals surface area (Å²) < 4.78 is 10.5. The molecule has 132 valence electrons. The van der Waals surface area contributed by atoms with Crippen molar-refractivity contribution in [1.82, 2.24) is 15.3 Å². The molecule has 0 atom stereocenters. The van der Waals surface area contributed by atoms with Gasteiger partial charge in [-0.05, 0) is 18.2 Å². The lowest BCUT2D eigenvalue weighted by atomic mass is 10.1. The van der Waals surface area contributed by atoms with Gasteiger partial charge in [0.2, 0.25) is 0 Å². The highest BCUT2D eigenvalue weighted by Gasteiger charge is 2.16. The maximum absolute atomic E-state index is 12.5. The van der Waals surface area contributed by atoms with Crippen LogP contribution < -0.4 is 14.8 Å². The molecule has 0 saturated heterocycles. The van der Waals surface area contributed by atoms with Crippen LogP contribution in [0.25, 0.3) is 11.3 Å². The van der Waals surface area contributed by atoms with Crippen LogP contribution in [0, 0.1) is 0 Å². The Bertz CT molecular complexity index is 898. The van der Waals surface area contributed by atoms with Crippen LogP contribution in [0.15, 0.2) is 60.9 Å². The van der Waals surface area contributed by atoms with Crippen LogP contribution in [-0.2, 0) is 6.54 Å². The molecule has 0 aliphatic heterocycles. The normalized spacial score (nSPS) is 10.2. The molecular weight excluding hydrogens is 330 g/mol. The fourth-order valence-corrected chi connectivity index (χ4v) is 2.59. The summed E-state index contributed by atoms with van der Waals surface area (Å²) in [6.07, 6.45) is 1.50. The number of amides is 1. The Labute approximate surface area is 151 Å². The topological polar surface area (TPSA) is 73.3 Å². The van der Waals surface area contributed by atoms with Gasteiger partial charge >= 0.3 is 0 Å². The maximum atomic E-state index is 12.5. The van der Waals surface area contributed by atoms with E-state index in [2.05, 4.69) is 15.3 Å². The third-order valence-electron chi connectivity index (χ3n) is 3.87. The average molecular weight is 349 g/mol. The molecule has 3 aromatic rings. The Kier molecular flexibility index (Phi) is 5.43. The zero-order valence-electron chi connectivity index (χ0n) is 14.6. The molecular formula is C20H19N3O3. The molecule has 3 rings (SSSR count). The number of nitrogens with one attached hydrogen (secondary N) is 1. The molecule has 1 N–H and O–H groups in total. The van der Waals surface area contributed by atoms with E-state index in [1.807, 2.05) is 36.4 Å². The first kappa shape index (κ1) is 17.4. The first-order valence-corrected chi connectivity index (χ1v) is 8.08. The summed E-state index contributed by atoms with van der Waals surface area (Å²) in [5.41, 5.74) is 2.93. The van der Waals surface area contributed by atoms with Gasteiger partial charge in [-0.2, -0.15) is 0 Å². The second-order valence-corrected chi connectivity index (χ2v) is 5.48. The van der Waals surface area contributed by atoms with Crippen molar-refractivity contribution in [3.05, 3.63) is 72.2 Å². The lowest BCUT2D eigenvalue weighted by Gasteiger charge is -2.12. The number of methoxy groups -OCH3 is 2. The molecule has 26 heavy (non-hydrogen) atoms. The molecule has 6 heteroatoms. The molecule has 0 bridgehead atoms. The molecule has 1 amide bonds. The molecule has 0 fully saturated rings. The number of carbonyl (C=O) groups excluding carboxylic acids is 1. The van der Waals surface area contributed by atoms with Gasteiger partial charge in [0.1, 0.15) is 6.33 Å². The van der Waals surface area contributed by atoms with Crippen molar-refractivity contribution < 1.29 is 14.3 Å². The van der Waals surface area contributed by atoms with E-state index in [0.29, 0.717) is 22.8 Å². The van der Waals surface area contributed by atoms with Gasteiger partial charge in [-0.3, -0.25) is 4.79 Å². The number of hydrogen-bond acceptors (Lipinski definition) is 5. The fourth-order valence-electron chi connectivity index (χ4n) is 2.59. The van der Waals surface area contributed by atoms with E-state index in [4.69, 9.17) is 9.47 Å². The van der Waals surface area contributed by atoms with Gasteiger partial charge in [0, 0.05) is 5.56 Å². The lowest BCUT2D eigenvalue weighted by Crippen LogP contribution is -2.24. The van der Waals surface area contributed by atoms with Gasteiger partial charge < -0.3 is 14.8 Å². The zero-order valence-corrected chi connectivity index (χ0v) is 14.6. The third-order valence-corrected chi connectivity index (χ3v) is 3.87. The van der Waals surface area contributed by atoms with Crippen LogP contribution >= 0.6 is 0 Å². The number of benzene rings is 2. The molecule has 0 radical (unpaired) electrons. The minimum atomic E-state index is -0.263. The fraction of sp³-hybridized carbons (Fsp3) is 0.150. The lowest BCUT2D eigenvalue weighted by molar-refractivity contribution is 0.0946. The van der Waals surface area contributed by atoms with Gasteiger partial charge in [-0.15, -0.1) is 0 Å². The monoisotopic (exact) mass is 349 g/mol. The van der Waals surface area contributed by atoms with Crippen molar-refractivity contribution in [3.8, 4) is 22.8 Å². The number of para-hydroxylation sites is 1. The Balaban J connectivity index is 1.75. The van der Waals surface area contributed by atoms with Crippen LogP contribution in [-0.4, -0.2) is 30.1 Å². The highest BCUT2D eigenvalue weighted by Crippen LogP contribution is 2.30. The van der Waals surface area contributed by atoms with Gasteiger partial charge in [0.05, 0.1) is 37.7 Å². The maximum Gasteiger partial charge on any atom is 0.255 e. The van der Waals surface area contributed by atoms with E-state index in [1.165, 1.54) is 20.5 Å². The number of nitrogens with zero attached hydrogens (tertiary/aromatic N) is 2. The van der Waals surface area contributed by atoms with Crippen molar-refractivity contribution in [1.29, 1.82) is 0 Å². The van der Waals surface area contributed by atoms with E-state index in [0.717, 1.165) is 11.3 Å². The minimum absolute atomic E-state index is 0.263. The molecule has 0 saturated carbocycles. The molecule has 2 aromatic carbocycles. The van der Waals surface area contributed by atoms with Crippen molar-refractivity contribution in [2.75, 3.05) is 14.2 Å². The van der Waals surface area contributed by atoms with Gasteiger partial charge in [-0.25, -0.2) is 9.97 Å². The van der Waals surface area contributed by atoms with E-state index in [1.54, 1.807) is 18.2 Å². The van der Waals surface area contributed by atoms with Gasteiger partial charge in [0.15, 0.2) is 11.5 Å². The summed E-state index contributed by atoms with van der Waals surface area (Å²) in [6.45, 7) is 0.279. The summed E-state index contributed by atoms with van der Waals surface area (Å²) in [6, 6.07) is 16.8. The quantitative estimate of drug-likeness (QED) is 0.740. The summed E-state index contributed by atoms with van der Waals surface area (Å²) in [5.74, 6) is 0.648. The van der Waals surface area contributed by atoms with Crippen LogP contribution in [0.2, 0.25) is 0 Å². The first-order chi connectivity index (χ1) is 12.7. The van der Waals surface area contributed by atoms with Crippen molar-refractivity contribution in [3.63, 3.8) is 0 Å². The Morgan fingerprint density at radius 3 is 2.54 bits per heavy atom. The highest BCUT2D eigenvalue weighted by molar-refractivity contribution is 5.97. The van der Waals surface area contributed by atoms with Crippen molar-refractivity contribution >= 4 is 5.91 Å². The number of carbonyl (C=O) groups is 1. The summed E-state index contributed by atoms with van der Waals surface area (Å²) in [5, 5.41) is 2.86. The molecule has 0 unspecified atom stereocenters. The van der Waals surface area contributed by atoms with Crippen LogP contribution in [0.3, 0.4) is 0 Å². The standard InChI is InChI=1S/C20H19N3O3/c1-25-18-10-6-9-16(19(18)26-2)20(24)21-12-15-11-17(23-13-22-15)14-7-4-3-5-8-14/h3-11,13H,12H2,1-2H3,(H,21,24). The second-order valence-electron chi connectivity index (χ2n) is 5.48. The Morgan fingerprint density at radius 1 is 1.00 bits per heavy atom. The Hall–Kier alpha value is -3.41. The van der Waals surface area contributed by atoms with E-state index in [9.17, 15) is 4.79 Å². The summed E-state index contributed by atoms with van der Waals surface area (Å²) >= 11 is 0. The van der Waals surface area contributed by atoms with E-state index < -0.39 is 0 Å². The molecule has 0 aliphatic carbocycles. The van der Waals surface area contributed by atoms with Crippen molar-refractivity contribution in [2.24, 2.45) is 0 Å². The van der Waals surface area contributed by atoms with Gasteiger partial charge in [0.25, 0.3) is 5.91 Å². The molecule has 0 spiro atoms. The number of ether oxygens (including phenoxy) is 2. The van der Waals surface area contributed by atoms with Crippen LogP contribution in [0.5, 0.6) is 11.5 Å². The molecule has 6 nitrogen and oxygen atoms in total. The van der Waals surface area contributed by atoms with E-state index in [-0.39, 0.29) is 12.5 Å². The predicted octanol–water partition coefficient (Wildman–Crippen LogP) is 3.09. The van der Waals surface area contributed by atoms with Crippen LogP contribution in [0.1, 0.15) is 16.1 Å². The number of hydrogen-bond donors (Lipinski definition) is 1. The van der Waals surface area contributed by atoms with Crippen LogP contribution in [0.4, 0.5) is 0 Å². The number of rotatable bonds is 6. The second kappa shape index (κ2) is 8.11. The minimum Gasteiger partial charge on any atom is -0.493 e. The molecule has 1 aromatic heterocycles. The van der Waals surface area contributed by atoms with E-state index >= 15 is 0 Å². The summed E-state index contributed by atoms with van der Waals surface area (Å²) in [7, 11) is 3.04. The largest absolute Gasteiger partial charge is 0.493 e. The van der Waals surface area contributed by atoms with Crippen molar-refractivity contribution in [2.45, 2.75) is 6.54 Å². The molecule has 1 heterocycles. The zero-order chi connectivity index (χ0) is 18.4. The number of aromatic nitrogens is 2. The smallest absolute Gasteiger partial charge is 0.255 e.